The Balaban J connectivity index is 1.55. The summed E-state index contributed by atoms with van der Waals surface area (Å²) in [6.07, 6.45) is 5.21. The Labute approximate surface area is 178 Å². The lowest BCUT2D eigenvalue weighted by Gasteiger charge is -2.11. The summed E-state index contributed by atoms with van der Waals surface area (Å²) < 4.78 is 5.52. The number of nitrogens with zero attached hydrogens (tertiary/aromatic N) is 5. The molecule has 30 heavy (non-hydrogen) atoms. The minimum atomic E-state index is 0.623. The number of thioether (sulfide) groups is 1. The first-order valence-corrected chi connectivity index (χ1v) is 10.3. The van der Waals surface area contributed by atoms with Gasteiger partial charge in [-0.2, -0.15) is 10.2 Å². The highest BCUT2D eigenvalue weighted by molar-refractivity contribution is 7.98. The molecular weight excluding hydrogens is 396 g/mol. The third-order valence-electron chi connectivity index (χ3n) is 4.50. The topological polar surface area (TPSA) is 85.2 Å². The average Bonchev–Trinajstić information content (AvgIpc) is 2.81. The molecule has 0 fully saturated rings. The molecule has 0 saturated heterocycles. The minimum Gasteiger partial charge on any atom is -0.496 e. The summed E-state index contributed by atoms with van der Waals surface area (Å²) in [6, 6.07) is 15.7. The van der Waals surface area contributed by atoms with Gasteiger partial charge < -0.3 is 4.74 Å². The average molecular weight is 417 g/mol. The van der Waals surface area contributed by atoms with Gasteiger partial charge in [0.15, 0.2) is 11.0 Å². The van der Waals surface area contributed by atoms with Crippen LogP contribution in [0.5, 0.6) is 5.75 Å². The molecule has 2 aromatic carbocycles. The van der Waals surface area contributed by atoms with Crippen molar-refractivity contribution in [1.82, 2.24) is 20.2 Å². The van der Waals surface area contributed by atoms with Crippen molar-refractivity contribution in [2.24, 2.45) is 5.10 Å². The fraction of sp³-hybridized carbons (Fsp3) is 0.136. The second kappa shape index (κ2) is 9.32. The summed E-state index contributed by atoms with van der Waals surface area (Å²) in [5.41, 5.74) is 5.91. The lowest BCUT2D eigenvalue weighted by atomic mass is 10.1. The van der Waals surface area contributed by atoms with Crippen LogP contribution in [0.15, 0.2) is 77.4 Å². The predicted molar refractivity (Wildman–Crippen MR) is 120 cm³/mol. The lowest BCUT2D eigenvalue weighted by Crippen LogP contribution is -2.03. The van der Waals surface area contributed by atoms with E-state index in [1.54, 1.807) is 43.5 Å². The maximum Gasteiger partial charge on any atom is 0.187 e. The number of hydrogen-bond donors (Lipinski definition) is 1. The highest BCUT2D eigenvalue weighted by atomic mass is 32.2. The zero-order chi connectivity index (χ0) is 20.8. The van der Waals surface area contributed by atoms with Gasteiger partial charge in [-0.1, -0.05) is 36.0 Å². The van der Waals surface area contributed by atoms with E-state index in [-0.39, 0.29) is 0 Å². The molecule has 2 aromatic heterocycles. The fourth-order valence-electron chi connectivity index (χ4n) is 2.93. The molecule has 2 heterocycles. The zero-order valence-electron chi connectivity index (χ0n) is 16.6. The summed E-state index contributed by atoms with van der Waals surface area (Å²) in [5.74, 6) is 2.14. The standard InChI is InChI=1S/C22H20N6OS/c1-15(26-28-21-19-7-4-3-6-17(19)13-25-27-21)16-8-9-20(29-2)18(12-16)14-30-22-23-10-5-11-24-22/h3-13H,14H2,1-2H3,(H,27,28)/b26-15-. The van der Waals surface area contributed by atoms with Gasteiger partial charge in [-0.25, -0.2) is 9.97 Å². The number of rotatable bonds is 7. The molecule has 8 heteroatoms. The Kier molecular flexibility index (Phi) is 6.14. The maximum atomic E-state index is 5.52. The number of ether oxygens (including phenoxy) is 1. The van der Waals surface area contributed by atoms with Gasteiger partial charge in [0, 0.05) is 34.5 Å². The molecule has 0 spiro atoms. The van der Waals surface area contributed by atoms with E-state index in [2.05, 4.69) is 36.8 Å². The molecule has 1 N–H and O–H groups in total. The van der Waals surface area contributed by atoms with Crippen LogP contribution in [-0.2, 0) is 5.75 Å². The number of methoxy groups -OCH3 is 1. The van der Waals surface area contributed by atoms with E-state index in [1.807, 2.05) is 43.3 Å². The largest absolute Gasteiger partial charge is 0.496 e. The van der Waals surface area contributed by atoms with E-state index in [9.17, 15) is 0 Å². The third-order valence-corrected chi connectivity index (χ3v) is 5.42. The fourth-order valence-corrected chi connectivity index (χ4v) is 3.71. The van der Waals surface area contributed by atoms with Crippen molar-refractivity contribution in [1.29, 1.82) is 0 Å². The van der Waals surface area contributed by atoms with Crippen LogP contribution in [0, 0.1) is 0 Å². The van der Waals surface area contributed by atoms with Crippen molar-refractivity contribution in [2.75, 3.05) is 12.5 Å². The molecule has 7 nitrogen and oxygen atoms in total. The monoisotopic (exact) mass is 416 g/mol. The van der Waals surface area contributed by atoms with Gasteiger partial charge in [0.1, 0.15) is 5.75 Å². The van der Waals surface area contributed by atoms with Gasteiger partial charge in [0.25, 0.3) is 0 Å². The van der Waals surface area contributed by atoms with Crippen molar-refractivity contribution in [3.8, 4) is 5.75 Å². The van der Waals surface area contributed by atoms with Crippen LogP contribution < -0.4 is 10.2 Å². The molecule has 4 rings (SSSR count). The number of hydrogen-bond acceptors (Lipinski definition) is 8. The lowest BCUT2D eigenvalue weighted by molar-refractivity contribution is 0.411. The number of aromatic nitrogens is 4. The maximum absolute atomic E-state index is 5.52. The Morgan fingerprint density at radius 1 is 1.10 bits per heavy atom. The van der Waals surface area contributed by atoms with Crippen LogP contribution in [0.2, 0.25) is 0 Å². The van der Waals surface area contributed by atoms with Crippen molar-refractivity contribution < 1.29 is 4.74 Å². The zero-order valence-corrected chi connectivity index (χ0v) is 17.4. The number of benzene rings is 2. The first-order valence-electron chi connectivity index (χ1n) is 9.32. The third kappa shape index (κ3) is 4.55. The van der Waals surface area contributed by atoms with Gasteiger partial charge in [0.2, 0.25) is 0 Å². The summed E-state index contributed by atoms with van der Waals surface area (Å²) in [5, 5.41) is 15.4. The summed E-state index contributed by atoms with van der Waals surface area (Å²) >= 11 is 1.56. The number of fused-ring (bicyclic) bond motifs is 1. The molecule has 150 valence electrons. The molecule has 0 saturated carbocycles. The summed E-state index contributed by atoms with van der Waals surface area (Å²) in [6.45, 7) is 1.95. The number of nitrogens with one attached hydrogen (secondary N) is 1. The molecule has 0 aliphatic heterocycles. The Morgan fingerprint density at radius 2 is 1.93 bits per heavy atom. The summed E-state index contributed by atoms with van der Waals surface area (Å²) in [4.78, 5) is 8.52. The Morgan fingerprint density at radius 3 is 2.77 bits per heavy atom. The molecule has 0 unspecified atom stereocenters. The molecule has 4 aromatic rings. The first kappa shape index (κ1) is 19.8. The van der Waals surface area contributed by atoms with E-state index >= 15 is 0 Å². The molecule has 0 amide bonds. The van der Waals surface area contributed by atoms with E-state index < -0.39 is 0 Å². The van der Waals surface area contributed by atoms with Gasteiger partial charge in [-0.05, 0) is 36.8 Å². The van der Waals surface area contributed by atoms with Gasteiger partial charge in [-0.3, -0.25) is 5.43 Å². The highest BCUT2D eigenvalue weighted by Gasteiger charge is 2.09. The van der Waals surface area contributed by atoms with Gasteiger partial charge in [-0.15, -0.1) is 5.10 Å². The Hall–Kier alpha value is -3.52. The SMILES string of the molecule is COc1ccc(/C(C)=N\Nc2nncc3ccccc23)cc1CSc1ncccn1. The van der Waals surface area contributed by atoms with Crippen LogP contribution in [0.1, 0.15) is 18.1 Å². The van der Waals surface area contributed by atoms with Crippen LogP contribution >= 0.6 is 11.8 Å². The van der Waals surface area contributed by atoms with Crippen molar-refractivity contribution in [3.05, 3.63) is 78.2 Å². The number of hydrazone groups is 1. The molecule has 0 aliphatic rings. The van der Waals surface area contributed by atoms with E-state index in [0.717, 1.165) is 38.5 Å². The van der Waals surface area contributed by atoms with Gasteiger partial charge >= 0.3 is 0 Å². The van der Waals surface area contributed by atoms with E-state index in [0.29, 0.717) is 11.6 Å². The summed E-state index contributed by atoms with van der Waals surface area (Å²) in [7, 11) is 1.67. The molecule has 0 radical (unpaired) electrons. The van der Waals surface area contributed by atoms with Crippen molar-refractivity contribution in [3.63, 3.8) is 0 Å². The molecular formula is C22H20N6OS. The molecule has 0 aliphatic carbocycles. The molecule has 0 atom stereocenters. The Bertz CT molecular complexity index is 1180. The predicted octanol–water partition coefficient (Wildman–Crippen LogP) is 4.56. The van der Waals surface area contributed by atoms with Crippen molar-refractivity contribution in [2.45, 2.75) is 17.8 Å². The van der Waals surface area contributed by atoms with E-state index in [4.69, 9.17) is 4.74 Å². The quantitative estimate of drug-likeness (QED) is 0.205. The second-order valence-corrected chi connectivity index (χ2v) is 7.38. The van der Waals surface area contributed by atoms with Crippen LogP contribution in [0.25, 0.3) is 10.8 Å². The second-order valence-electron chi connectivity index (χ2n) is 6.44. The van der Waals surface area contributed by atoms with Crippen molar-refractivity contribution >= 4 is 34.1 Å². The smallest absolute Gasteiger partial charge is 0.187 e. The minimum absolute atomic E-state index is 0.623. The van der Waals surface area contributed by atoms with Crippen LogP contribution in [0.3, 0.4) is 0 Å². The first-order chi connectivity index (χ1) is 14.7. The van der Waals surface area contributed by atoms with Crippen LogP contribution in [0.4, 0.5) is 5.82 Å². The highest BCUT2D eigenvalue weighted by Crippen LogP contribution is 2.27. The van der Waals surface area contributed by atoms with Crippen LogP contribution in [-0.4, -0.2) is 33.0 Å². The van der Waals surface area contributed by atoms with Gasteiger partial charge in [0.05, 0.1) is 19.0 Å². The van der Waals surface area contributed by atoms with E-state index in [1.165, 1.54) is 0 Å². The normalized spacial score (nSPS) is 11.5. The molecule has 0 bridgehead atoms. The number of anilines is 1.